The summed E-state index contributed by atoms with van der Waals surface area (Å²) in [6.45, 7) is 2.16. The van der Waals surface area contributed by atoms with Gasteiger partial charge in [0.1, 0.15) is 15.6 Å². The molecule has 7 nitrogen and oxygen atoms in total. The van der Waals surface area contributed by atoms with Crippen LogP contribution < -0.4 is 0 Å². The fraction of sp³-hybridized carbons (Fsp3) is 0.842. The molecule has 7 unspecified atom stereocenters. The Hall–Kier alpha value is -0.590. The van der Waals surface area contributed by atoms with Crippen LogP contribution in [0, 0.1) is 23.7 Å². The number of hydrogen-bond donors (Lipinski definition) is 1. The molecule has 194 valence electrons. The number of rotatable bonds is 6. The van der Waals surface area contributed by atoms with E-state index in [1.165, 1.54) is 0 Å². The first kappa shape index (κ1) is 28.0. The lowest BCUT2D eigenvalue weighted by Crippen LogP contribution is -2.70. The molecular weight excluding hydrogens is 708 g/mol. The molecule has 15 heteroatoms. The minimum Gasteiger partial charge on any atom is -0.458 e. The molecule has 1 saturated heterocycles. The molecule has 3 fully saturated rings. The van der Waals surface area contributed by atoms with E-state index in [2.05, 4.69) is 4.74 Å². The average Bonchev–Trinajstić information content (AvgIpc) is 3.28. The molecule has 1 heterocycles. The lowest BCUT2D eigenvalue weighted by molar-refractivity contribution is -0.407. The molecule has 0 aromatic carbocycles. The van der Waals surface area contributed by atoms with Crippen LogP contribution in [0.4, 0.5) is 26.3 Å². The highest BCUT2D eigenvalue weighted by atomic mass is 127. The lowest BCUT2D eigenvalue weighted by atomic mass is 9.78. The molecular formula is C19H20F6I2O7. The molecule has 7 atom stereocenters. The highest BCUT2D eigenvalue weighted by Crippen LogP contribution is 2.60. The van der Waals surface area contributed by atoms with Crippen LogP contribution in [0.15, 0.2) is 0 Å². The summed E-state index contributed by atoms with van der Waals surface area (Å²) in [4.78, 5) is 37.9. The van der Waals surface area contributed by atoms with Crippen LogP contribution in [0.1, 0.15) is 27.2 Å². The third-order valence-corrected chi connectivity index (χ3v) is 10.6. The van der Waals surface area contributed by atoms with Crippen molar-refractivity contribution < 1.29 is 60.0 Å². The summed E-state index contributed by atoms with van der Waals surface area (Å²) < 4.78 is 94.9. The first-order chi connectivity index (χ1) is 15.2. The van der Waals surface area contributed by atoms with E-state index in [-0.39, 0.29) is 20.3 Å². The number of carbonyl (C=O) groups excluding carboxylic acids is 3. The van der Waals surface area contributed by atoms with Crippen LogP contribution >= 0.6 is 45.2 Å². The molecule has 3 rings (SSSR count). The number of carbonyl (C=O) groups is 3. The van der Waals surface area contributed by atoms with Gasteiger partial charge in [-0.05, 0) is 27.2 Å². The summed E-state index contributed by atoms with van der Waals surface area (Å²) in [5.74, 6) is -7.27. The lowest BCUT2D eigenvalue weighted by Gasteiger charge is -2.44. The van der Waals surface area contributed by atoms with E-state index in [1.807, 2.05) is 45.2 Å². The number of alkyl halides is 8. The second-order valence-corrected chi connectivity index (χ2v) is 12.5. The minimum atomic E-state index is -6.23. The fourth-order valence-corrected chi connectivity index (χ4v) is 5.45. The zero-order valence-electron chi connectivity index (χ0n) is 17.8. The van der Waals surface area contributed by atoms with Crippen molar-refractivity contribution in [2.75, 3.05) is 4.43 Å². The zero-order valence-corrected chi connectivity index (χ0v) is 22.1. The molecule has 2 bridgehead atoms. The van der Waals surface area contributed by atoms with E-state index in [0.717, 1.165) is 0 Å². The van der Waals surface area contributed by atoms with Crippen molar-refractivity contribution in [3.05, 3.63) is 0 Å². The number of hydrogen-bond acceptors (Lipinski definition) is 7. The van der Waals surface area contributed by atoms with Crippen LogP contribution in [0.3, 0.4) is 0 Å². The number of ether oxygens (including phenoxy) is 3. The maximum atomic E-state index is 13.3. The van der Waals surface area contributed by atoms with E-state index in [4.69, 9.17) is 9.47 Å². The fourth-order valence-electron chi connectivity index (χ4n) is 5.01. The van der Waals surface area contributed by atoms with E-state index >= 15 is 0 Å². The topological polar surface area (TPSA) is 99.1 Å². The largest absolute Gasteiger partial charge is 0.458 e. The Balaban J connectivity index is 1.90. The van der Waals surface area contributed by atoms with Crippen LogP contribution in [0.2, 0.25) is 0 Å². The summed E-state index contributed by atoms with van der Waals surface area (Å²) in [5.41, 5.74) is -8.88. The second-order valence-electron chi connectivity index (χ2n) is 9.35. The van der Waals surface area contributed by atoms with Gasteiger partial charge in [0.05, 0.1) is 11.8 Å². The quantitative estimate of drug-likeness (QED) is 0.147. The molecule has 0 aromatic heterocycles. The predicted octanol–water partition coefficient (Wildman–Crippen LogP) is 3.51. The van der Waals surface area contributed by atoms with Gasteiger partial charge in [-0.2, -0.15) is 26.3 Å². The van der Waals surface area contributed by atoms with Gasteiger partial charge in [-0.1, -0.05) is 45.2 Å². The molecule has 1 aliphatic heterocycles. The molecule has 34 heavy (non-hydrogen) atoms. The van der Waals surface area contributed by atoms with Crippen molar-refractivity contribution >= 4 is 63.1 Å². The summed E-state index contributed by atoms with van der Waals surface area (Å²) in [7, 11) is 0. The molecule has 1 N–H and O–H groups in total. The maximum absolute atomic E-state index is 13.3. The molecule has 0 aromatic rings. The summed E-state index contributed by atoms with van der Waals surface area (Å²) >= 11 is 3.81. The van der Waals surface area contributed by atoms with E-state index < -0.39 is 80.8 Å². The van der Waals surface area contributed by atoms with Gasteiger partial charge in [-0.15, -0.1) is 0 Å². The van der Waals surface area contributed by atoms with Gasteiger partial charge in [-0.25, -0.2) is 0 Å². The Kier molecular flexibility index (Phi) is 6.98. The third-order valence-electron chi connectivity index (χ3n) is 6.79. The summed E-state index contributed by atoms with van der Waals surface area (Å²) in [6, 6.07) is 0. The molecule has 0 radical (unpaired) electrons. The Morgan fingerprint density at radius 3 is 2.09 bits per heavy atom. The van der Waals surface area contributed by atoms with Crippen molar-refractivity contribution in [2.45, 2.75) is 66.4 Å². The van der Waals surface area contributed by atoms with Crippen molar-refractivity contribution in [3.8, 4) is 0 Å². The molecule has 0 spiro atoms. The molecule has 0 amide bonds. The first-order valence-corrected chi connectivity index (χ1v) is 12.6. The van der Waals surface area contributed by atoms with E-state index in [0.29, 0.717) is 4.43 Å². The highest BCUT2D eigenvalue weighted by Gasteiger charge is 2.79. The van der Waals surface area contributed by atoms with E-state index in [1.54, 1.807) is 6.92 Å². The number of fused-ring (bicyclic) bond motifs is 1. The zero-order chi connectivity index (χ0) is 26.2. The Morgan fingerprint density at radius 2 is 1.62 bits per heavy atom. The van der Waals surface area contributed by atoms with Gasteiger partial charge in [0, 0.05) is 16.3 Å². The van der Waals surface area contributed by atoms with Gasteiger partial charge >= 0.3 is 30.3 Å². The Labute approximate surface area is 216 Å². The SMILES string of the molecule is CC(I)(CI)C(=O)OC1C2CC3C1OC(=O)C3C2C(=O)OC(C)(C)C(O)(C(F)(F)F)C(F)(F)F. The maximum Gasteiger partial charge on any atom is 0.430 e. The standard InChI is InChI=1S/C19H20F6I2O7/c1-15(2,17(31,18(20,21)22)19(23,24)25)34-13(29)9-7-4-6-8(9)12(28)32-10(6)11(7)33-14(30)16(3,27)5-26/h6-11,31H,4-5H2,1-3H3. The smallest absolute Gasteiger partial charge is 0.430 e. The van der Waals surface area contributed by atoms with Gasteiger partial charge in [0.2, 0.25) is 0 Å². The van der Waals surface area contributed by atoms with Crippen molar-refractivity contribution in [1.82, 2.24) is 0 Å². The van der Waals surface area contributed by atoms with Crippen LogP contribution in [-0.2, 0) is 28.6 Å². The first-order valence-electron chi connectivity index (χ1n) is 9.96. The third kappa shape index (κ3) is 4.08. The Bertz CT molecular complexity index is 873. The van der Waals surface area contributed by atoms with Crippen molar-refractivity contribution in [3.63, 3.8) is 0 Å². The van der Waals surface area contributed by atoms with Gasteiger partial charge in [-0.3, -0.25) is 14.4 Å². The number of halogens is 8. The van der Waals surface area contributed by atoms with Crippen LogP contribution in [0.5, 0.6) is 0 Å². The van der Waals surface area contributed by atoms with E-state index in [9.17, 15) is 45.8 Å². The minimum absolute atomic E-state index is 0.129. The van der Waals surface area contributed by atoms with Crippen LogP contribution in [-0.4, -0.2) is 66.6 Å². The summed E-state index contributed by atoms with van der Waals surface area (Å²) in [6.07, 6.45) is -14.3. The monoisotopic (exact) mass is 728 g/mol. The van der Waals surface area contributed by atoms with Crippen LogP contribution in [0.25, 0.3) is 0 Å². The number of aliphatic hydroxyl groups is 1. The summed E-state index contributed by atoms with van der Waals surface area (Å²) in [5, 5.41) is 9.72. The second kappa shape index (κ2) is 8.48. The Morgan fingerprint density at radius 1 is 1.09 bits per heavy atom. The van der Waals surface area contributed by atoms with Crippen molar-refractivity contribution in [2.24, 2.45) is 23.7 Å². The van der Waals surface area contributed by atoms with Gasteiger partial charge in [0.15, 0.2) is 5.60 Å². The number of esters is 3. The average molecular weight is 728 g/mol. The van der Waals surface area contributed by atoms with Gasteiger partial charge in [0.25, 0.3) is 5.60 Å². The molecule has 3 aliphatic rings. The normalized spacial score (nSPS) is 32.9. The van der Waals surface area contributed by atoms with Gasteiger partial charge < -0.3 is 19.3 Å². The van der Waals surface area contributed by atoms with Crippen molar-refractivity contribution in [1.29, 1.82) is 0 Å². The molecule has 2 aliphatic carbocycles. The molecule has 2 saturated carbocycles. The highest BCUT2D eigenvalue weighted by molar-refractivity contribution is 14.1. The predicted molar refractivity (Wildman–Crippen MR) is 117 cm³/mol.